The van der Waals surface area contributed by atoms with Gasteiger partial charge in [-0.2, -0.15) is 9.78 Å². The first kappa shape index (κ1) is 24.5. The first-order valence-corrected chi connectivity index (χ1v) is 12.6. The maximum atomic E-state index is 14.8. The van der Waals surface area contributed by atoms with Gasteiger partial charge in [-0.3, -0.25) is 4.79 Å². The molecule has 2 aliphatic rings. The lowest BCUT2D eigenvalue weighted by Crippen LogP contribution is -2.40. The number of nitrogens with zero attached hydrogens (tertiary/aromatic N) is 4. The first-order valence-electron chi connectivity index (χ1n) is 12.2. The van der Waals surface area contributed by atoms with E-state index in [0.717, 1.165) is 30.1 Å². The summed E-state index contributed by atoms with van der Waals surface area (Å²) in [5, 5.41) is 7.14. The Morgan fingerprint density at radius 1 is 1.25 bits per heavy atom. The van der Waals surface area contributed by atoms with E-state index in [4.69, 9.17) is 21.1 Å². The number of ether oxygens (including phenoxy) is 2. The van der Waals surface area contributed by atoms with Crippen LogP contribution in [0.3, 0.4) is 0 Å². The van der Waals surface area contributed by atoms with Crippen molar-refractivity contribution in [2.75, 3.05) is 36.5 Å². The molecule has 1 aliphatic carbocycles. The smallest absolute Gasteiger partial charge is 0.292 e. The van der Waals surface area contributed by atoms with Gasteiger partial charge < -0.3 is 19.7 Å². The third-order valence-corrected chi connectivity index (χ3v) is 6.70. The van der Waals surface area contributed by atoms with Gasteiger partial charge >= 0.3 is 0 Å². The molecule has 190 valence electrons. The minimum absolute atomic E-state index is 0.00111. The van der Waals surface area contributed by atoms with E-state index in [0.29, 0.717) is 43.5 Å². The van der Waals surface area contributed by atoms with Crippen molar-refractivity contribution < 1.29 is 13.9 Å². The molecule has 1 saturated carbocycles. The van der Waals surface area contributed by atoms with Crippen molar-refractivity contribution in [2.45, 2.75) is 44.4 Å². The molecule has 3 aromatic rings. The molecule has 0 unspecified atom stereocenters. The molecule has 0 spiro atoms. The Kier molecular flexibility index (Phi) is 7.11. The molecule has 8 nitrogen and oxygen atoms in total. The van der Waals surface area contributed by atoms with Crippen molar-refractivity contribution in [2.24, 2.45) is 0 Å². The molecular weight excluding hydrogens is 485 g/mol. The van der Waals surface area contributed by atoms with Crippen LogP contribution in [0.15, 0.2) is 53.6 Å². The highest BCUT2D eigenvalue weighted by Gasteiger charge is 2.32. The number of anilines is 3. The van der Waals surface area contributed by atoms with E-state index >= 15 is 0 Å². The van der Waals surface area contributed by atoms with Crippen LogP contribution < -0.4 is 20.5 Å². The number of rotatable bonds is 9. The minimum atomic E-state index is -1.49. The number of pyridine rings is 1. The zero-order chi connectivity index (χ0) is 25.1. The van der Waals surface area contributed by atoms with Crippen molar-refractivity contribution in [3.63, 3.8) is 0 Å². The second-order valence-electron chi connectivity index (χ2n) is 9.18. The van der Waals surface area contributed by atoms with Gasteiger partial charge in [0, 0.05) is 18.8 Å². The van der Waals surface area contributed by atoms with Gasteiger partial charge in [-0.1, -0.05) is 11.6 Å². The van der Waals surface area contributed by atoms with Crippen LogP contribution in [0, 0.1) is 0 Å². The van der Waals surface area contributed by atoms with E-state index in [1.807, 2.05) is 31.2 Å². The van der Waals surface area contributed by atoms with Crippen molar-refractivity contribution in [1.82, 2.24) is 14.8 Å². The quantitative estimate of drug-likeness (QED) is 0.435. The molecule has 0 amide bonds. The number of hydrogen-bond acceptors (Lipinski definition) is 7. The summed E-state index contributed by atoms with van der Waals surface area (Å²) >= 11 is 6.33. The van der Waals surface area contributed by atoms with Gasteiger partial charge in [0.05, 0.1) is 43.0 Å². The van der Waals surface area contributed by atoms with Crippen LogP contribution in [-0.2, 0) is 4.74 Å². The number of alkyl halides is 1. The molecule has 2 aromatic heterocycles. The molecule has 1 aromatic carbocycles. The molecule has 1 N–H and O–H groups in total. The first-order chi connectivity index (χ1) is 17.5. The van der Waals surface area contributed by atoms with Gasteiger partial charge in [-0.25, -0.2) is 9.37 Å². The SMILES string of the molecule is CCN(c1ccc(-n2ncc(NC[C@@]3(F)CCCOC3)c(Cl)c2=O)cc1)c1ccc(OC2CC2)cn1. The second-order valence-corrected chi connectivity index (χ2v) is 9.56. The summed E-state index contributed by atoms with van der Waals surface area (Å²) in [6, 6.07) is 11.3. The maximum absolute atomic E-state index is 14.8. The molecule has 5 rings (SSSR count). The molecular formula is C26H29ClFN5O3. The molecule has 1 saturated heterocycles. The lowest BCUT2D eigenvalue weighted by molar-refractivity contribution is -0.0234. The van der Waals surface area contributed by atoms with Gasteiger partial charge in [-0.05, 0) is 69.0 Å². The molecule has 3 heterocycles. The van der Waals surface area contributed by atoms with E-state index in [9.17, 15) is 9.18 Å². The lowest BCUT2D eigenvalue weighted by Gasteiger charge is -2.29. The van der Waals surface area contributed by atoms with Gasteiger partial charge in [0.25, 0.3) is 5.56 Å². The Morgan fingerprint density at radius 3 is 2.69 bits per heavy atom. The fourth-order valence-electron chi connectivity index (χ4n) is 4.18. The topological polar surface area (TPSA) is 81.5 Å². The molecule has 36 heavy (non-hydrogen) atoms. The Balaban J connectivity index is 1.29. The van der Waals surface area contributed by atoms with Crippen LogP contribution in [0.25, 0.3) is 5.69 Å². The lowest BCUT2D eigenvalue weighted by atomic mass is 9.99. The van der Waals surface area contributed by atoms with Crippen LogP contribution in [0.1, 0.15) is 32.6 Å². The van der Waals surface area contributed by atoms with E-state index < -0.39 is 11.2 Å². The zero-order valence-electron chi connectivity index (χ0n) is 20.1. The van der Waals surface area contributed by atoms with Crippen LogP contribution in [-0.4, -0.2) is 52.8 Å². The summed E-state index contributed by atoms with van der Waals surface area (Å²) in [4.78, 5) is 19.5. The Bertz CT molecular complexity index is 1240. The number of hydrogen-bond donors (Lipinski definition) is 1. The monoisotopic (exact) mass is 513 g/mol. The third-order valence-electron chi connectivity index (χ3n) is 6.34. The highest BCUT2D eigenvalue weighted by atomic mass is 35.5. The largest absolute Gasteiger partial charge is 0.489 e. The standard InChI is InChI=1S/C26H29ClFN5O3/c1-2-32(23-11-10-21(14-29-23)36-20-8-9-20)18-4-6-19(7-5-18)33-25(34)24(27)22(15-31-33)30-16-26(28)12-3-13-35-17-26/h4-7,10-11,14-15,20,30H,2-3,8-9,12-13,16-17H2,1H3/t26-/m0/s1. The molecule has 10 heteroatoms. The molecule has 2 fully saturated rings. The Morgan fingerprint density at radius 2 is 2.06 bits per heavy atom. The summed E-state index contributed by atoms with van der Waals surface area (Å²) in [6.07, 6.45) is 6.78. The summed E-state index contributed by atoms with van der Waals surface area (Å²) < 4.78 is 27.1. The van der Waals surface area contributed by atoms with Crippen molar-refractivity contribution in [3.8, 4) is 11.4 Å². The normalized spacial score (nSPS) is 19.6. The second kappa shape index (κ2) is 10.4. The van der Waals surface area contributed by atoms with E-state index in [2.05, 4.69) is 20.3 Å². The average molecular weight is 514 g/mol. The fraction of sp³-hybridized carbons (Fsp3) is 0.423. The predicted molar refractivity (Wildman–Crippen MR) is 138 cm³/mol. The van der Waals surface area contributed by atoms with E-state index in [1.165, 1.54) is 10.9 Å². The number of halogens is 2. The van der Waals surface area contributed by atoms with Crippen LogP contribution in [0.2, 0.25) is 5.02 Å². The van der Waals surface area contributed by atoms with Gasteiger partial charge in [0.15, 0.2) is 5.67 Å². The van der Waals surface area contributed by atoms with Gasteiger partial charge in [0.2, 0.25) is 0 Å². The van der Waals surface area contributed by atoms with E-state index in [1.54, 1.807) is 18.3 Å². The maximum Gasteiger partial charge on any atom is 0.292 e. The molecule has 1 aliphatic heterocycles. The number of aromatic nitrogens is 3. The number of benzene rings is 1. The molecule has 1 atom stereocenters. The van der Waals surface area contributed by atoms with Crippen LogP contribution in [0.4, 0.5) is 21.6 Å². The van der Waals surface area contributed by atoms with Crippen LogP contribution >= 0.6 is 11.6 Å². The van der Waals surface area contributed by atoms with Crippen molar-refractivity contribution in [1.29, 1.82) is 0 Å². The average Bonchev–Trinajstić information content (AvgIpc) is 3.71. The van der Waals surface area contributed by atoms with Crippen molar-refractivity contribution >= 4 is 28.8 Å². The highest BCUT2D eigenvalue weighted by Crippen LogP contribution is 2.30. The third kappa shape index (κ3) is 5.47. The van der Waals surface area contributed by atoms with Crippen molar-refractivity contribution in [3.05, 3.63) is 64.2 Å². The fourth-order valence-corrected chi connectivity index (χ4v) is 4.38. The summed E-state index contributed by atoms with van der Waals surface area (Å²) in [7, 11) is 0. The van der Waals surface area contributed by atoms with E-state index in [-0.39, 0.29) is 18.2 Å². The minimum Gasteiger partial charge on any atom is -0.489 e. The van der Waals surface area contributed by atoms with Gasteiger partial charge in [0.1, 0.15) is 16.6 Å². The summed E-state index contributed by atoms with van der Waals surface area (Å²) in [6.45, 7) is 3.35. The Labute approximate surface area is 214 Å². The van der Waals surface area contributed by atoms with Gasteiger partial charge in [-0.15, -0.1) is 0 Å². The van der Waals surface area contributed by atoms with Crippen LogP contribution in [0.5, 0.6) is 5.75 Å². The Hall–Kier alpha value is -3.17. The summed E-state index contributed by atoms with van der Waals surface area (Å²) in [5.74, 6) is 1.58. The molecule has 0 radical (unpaired) electrons. The predicted octanol–water partition coefficient (Wildman–Crippen LogP) is 4.91. The zero-order valence-corrected chi connectivity index (χ0v) is 20.9. The highest BCUT2D eigenvalue weighted by molar-refractivity contribution is 6.32. The molecule has 0 bridgehead atoms. The summed E-state index contributed by atoms with van der Waals surface area (Å²) in [5.41, 5.74) is -0.185. The number of nitrogens with one attached hydrogen (secondary N) is 1.